The third-order valence-corrected chi connectivity index (χ3v) is 2.98. The summed E-state index contributed by atoms with van der Waals surface area (Å²) in [6.07, 6.45) is 2.32. The van der Waals surface area contributed by atoms with Gasteiger partial charge in [0.05, 0.1) is 12.6 Å². The zero-order chi connectivity index (χ0) is 11.1. The highest BCUT2D eigenvalue weighted by molar-refractivity contribution is 5.77. The third kappa shape index (κ3) is 1.50. The Morgan fingerprint density at radius 1 is 1.50 bits per heavy atom. The zero-order valence-electron chi connectivity index (χ0n) is 8.89. The van der Waals surface area contributed by atoms with E-state index >= 15 is 0 Å². The molecule has 0 radical (unpaired) electrons. The first kappa shape index (κ1) is 9.81. The van der Waals surface area contributed by atoms with Crippen molar-refractivity contribution in [2.75, 3.05) is 6.61 Å². The molecular weight excluding hydrogens is 204 g/mol. The van der Waals surface area contributed by atoms with Gasteiger partial charge in [0.25, 0.3) is 0 Å². The molecule has 0 saturated heterocycles. The minimum absolute atomic E-state index is 0.0847. The maximum absolute atomic E-state index is 9.09. The fraction of sp³-hybridized carbons (Fsp3) is 0.417. The van der Waals surface area contributed by atoms with Crippen molar-refractivity contribution in [3.8, 4) is 0 Å². The number of rotatable bonds is 3. The molecule has 0 bridgehead atoms. The fourth-order valence-electron chi connectivity index (χ4n) is 1.88. The van der Waals surface area contributed by atoms with Crippen LogP contribution in [0.25, 0.3) is 11.1 Å². The van der Waals surface area contributed by atoms with Crippen LogP contribution in [-0.2, 0) is 0 Å². The molecule has 1 aliphatic rings. The second kappa shape index (κ2) is 3.57. The summed E-state index contributed by atoms with van der Waals surface area (Å²) in [5, 5.41) is 9.09. The molecule has 4 heteroatoms. The molecule has 16 heavy (non-hydrogen) atoms. The zero-order valence-corrected chi connectivity index (χ0v) is 8.89. The molecule has 1 aliphatic carbocycles. The monoisotopic (exact) mass is 218 g/mol. The summed E-state index contributed by atoms with van der Waals surface area (Å²) in [6.45, 7) is -0.0847. The number of hydrogen-bond acceptors (Lipinski definition) is 4. The molecule has 1 heterocycles. The Hall–Kier alpha value is -1.39. The Balaban J connectivity index is 2.13. The molecule has 1 aromatic heterocycles. The van der Waals surface area contributed by atoms with Gasteiger partial charge < -0.3 is 15.3 Å². The van der Waals surface area contributed by atoms with Gasteiger partial charge in [-0.25, -0.2) is 4.98 Å². The number of oxazole rings is 1. The van der Waals surface area contributed by atoms with Crippen molar-refractivity contribution >= 4 is 11.1 Å². The Kier molecular flexibility index (Phi) is 2.19. The summed E-state index contributed by atoms with van der Waals surface area (Å²) >= 11 is 0. The van der Waals surface area contributed by atoms with Crippen molar-refractivity contribution in [1.82, 2.24) is 4.98 Å². The molecule has 1 atom stereocenters. The number of para-hydroxylation sites is 1. The Morgan fingerprint density at radius 3 is 3.00 bits per heavy atom. The topological polar surface area (TPSA) is 72.3 Å². The average Bonchev–Trinajstić information content (AvgIpc) is 3.07. The highest BCUT2D eigenvalue weighted by Gasteiger charge is 2.29. The first-order chi connectivity index (χ1) is 7.79. The average molecular weight is 218 g/mol. The lowest BCUT2D eigenvalue weighted by molar-refractivity contribution is 0.268. The Morgan fingerprint density at radius 2 is 2.31 bits per heavy atom. The van der Waals surface area contributed by atoms with E-state index in [1.807, 2.05) is 18.2 Å². The van der Waals surface area contributed by atoms with Gasteiger partial charge in [-0.1, -0.05) is 12.1 Å². The second-order valence-corrected chi connectivity index (χ2v) is 4.31. The predicted molar refractivity (Wildman–Crippen MR) is 60.0 cm³/mol. The number of aliphatic hydroxyl groups is 1. The molecule has 1 saturated carbocycles. The van der Waals surface area contributed by atoms with E-state index in [9.17, 15) is 0 Å². The largest absolute Gasteiger partial charge is 0.440 e. The SMILES string of the molecule is NC(CO)c1cccc2nc(C3CC3)oc12. The van der Waals surface area contributed by atoms with Gasteiger partial charge in [-0.05, 0) is 18.9 Å². The summed E-state index contributed by atoms with van der Waals surface area (Å²) in [4.78, 5) is 4.45. The lowest BCUT2D eigenvalue weighted by Gasteiger charge is -2.07. The van der Waals surface area contributed by atoms with Gasteiger partial charge >= 0.3 is 0 Å². The minimum Gasteiger partial charge on any atom is -0.440 e. The maximum Gasteiger partial charge on any atom is 0.198 e. The molecular formula is C12H14N2O2. The van der Waals surface area contributed by atoms with Crippen LogP contribution in [0.4, 0.5) is 0 Å². The van der Waals surface area contributed by atoms with Gasteiger partial charge in [-0.3, -0.25) is 0 Å². The summed E-state index contributed by atoms with van der Waals surface area (Å²) < 4.78 is 5.74. The van der Waals surface area contributed by atoms with Crippen molar-refractivity contribution in [2.45, 2.75) is 24.8 Å². The molecule has 0 amide bonds. The summed E-state index contributed by atoms with van der Waals surface area (Å²) in [7, 11) is 0. The molecule has 0 spiro atoms. The van der Waals surface area contributed by atoms with Crippen LogP contribution in [0.1, 0.15) is 36.3 Å². The predicted octanol–water partition coefficient (Wildman–Crippen LogP) is 1.70. The van der Waals surface area contributed by atoms with Crippen LogP contribution >= 0.6 is 0 Å². The van der Waals surface area contributed by atoms with E-state index in [-0.39, 0.29) is 6.61 Å². The fourth-order valence-corrected chi connectivity index (χ4v) is 1.88. The van der Waals surface area contributed by atoms with E-state index in [1.165, 1.54) is 0 Å². The van der Waals surface area contributed by atoms with Gasteiger partial charge in [0.1, 0.15) is 5.52 Å². The number of nitrogens with zero attached hydrogens (tertiary/aromatic N) is 1. The van der Waals surface area contributed by atoms with E-state index in [0.717, 1.165) is 35.4 Å². The number of benzene rings is 1. The van der Waals surface area contributed by atoms with Crippen LogP contribution in [0.2, 0.25) is 0 Å². The van der Waals surface area contributed by atoms with Crippen LogP contribution in [-0.4, -0.2) is 16.7 Å². The van der Waals surface area contributed by atoms with Crippen molar-refractivity contribution < 1.29 is 9.52 Å². The first-order valence-electron chi connectivity index (χ1n) is 5.55. The van der Waals surface area contributed by atoms with Crippen molar-refractivity contribution in [2.24, 2.45) is 5.73 Å². The van der Waals surface area contributed by atoms with Crippen LogP contribution in [0.3, 0.4) is 0 Å². The smallest absolute Gasteiger partial charge is 0.198 e. The number of nitrogens with two attached hydrogens (primary N) is 1. The van der Waals surface area contributed by atoms with Crippen LogP contribution in [0, 0.1) is 0 Å². The molecule has 1 fully saturated rings. The number of fused-ring (bicyclic) bond motifs is 1. The molecule has 3 rings (SSSR count). The number of aliphatic hydroxyl groups excluding tert-OH is 1. The van der Waals surface area contributed by atoms with E-state index in [2.05, 4.69) is 4.98 Å². The van der Waals surface area contributed by atoms with Crippen LogP contribution in [0.5, 0.6) is 0 Å². The van der Waals surface area contributed by atoms with Crippen LogP contribution in [0.15, 0.2) is 22.6 Å². The van der Waals surface area contributed by atoms with Crippen molar-refractivity contribution in [1.29, 1.82) is 0 Å². The first-order valence-corrected chi connectivity index (χ1v) is 5.55. The van der Waals surface area contributed by atoms with Crippen molar-refractivity contribution in [3.63, 3.8) is 0 Å². The van der Waals surface area contributed by atoms with Gasteiger partial charge in [-0.2, -0.15) is 0 Å². The normalized spacial score (nSPS) is 17.9. The number of aromatic nitrogens is 1. The van der Waals surface area contributed by atoms with E-state index in [1.54, 1.807) is 0 Å². The quantitative estimate of drug-likeness (QED) is 0.822. The van der Waals surface area contributed by atoms with E-state index in [0.29, 0.717) is 5.92 Å². The van der Waals surface area contributed by atoms with Gasteiger partial charge in [-0.15, -0.1) is 0 Å². The molecule has 0 aliphatic heterocycles. The van der Waals surface area contributed by atoms with Crippen molar-refractivity contribution in [3.05, 3.63) is 29.7 Å². The molecule has 4 nitrogen and oxygen atoms in total. The summed E-state index contributed by atoms with van der Waals surface area (Å²) in [5.41, 5.74) is 8.22. The summed E-state index contributed by atoms with van der Waals surface area (Å²) in [5.74, 6) is 1.30. The van der Waals surface area contributed by atoms with Gasteiger partial charge in [0, 0.05) is 11.5 Å². The van der Waals surface area contributed by atoms with E-state index in [4.69, 9.17) is 15.3 Å². The third-order valence-electron chi connectivity index (χ3n) is 2.98. The highest BCUT2D eigenvalue weighted by Crippen LogP contribution is 2.41. The summed E-state index contributed by atoms with van der Waals surface area (Å²) in [6, 6.07) is 5.29. The maximum atomic E-state index is 9.09. The lowest BCUT2D eigenvalue weighted by atomic mass is 10.1. The Labute approximate surface area is 93.1 Å². The van der Waals surface area contributed by atoms with E-state index < -0.39 is 6.04 Å². The molecule has 3 N–H and O–H groups in total. The highest BCUT2D eigenvalue weighted by atomic mass is 16.3. The second-order valence-electron chi connectivity index (χ2n) is 4.31. The number of hydrogen-bond donors (Lipinski definition) is 2. The molecule has 1 aromatic carbocycles. The van der Waals surface area contributed by atoms with Gasteiger partial charge in [0.15, 0.2) is 11.5 Å². The molecule has 2 aromatic rings. The Bertz CT molecular complexity index is 517. The minimum atomic E-state index is -0.399. The lowest BCUT2D eigenvalue weighted by Crippen LogP contribution is -2.14. The van der Waals surface area contributed by atoms with Crippen LogP contribution < -0.4 is 5.73 Å². The molecule has 1 unspecified atom stereocenters. The molecule has 84 valence electrons. The van der Waals surface area contributed by atoms with Gasteiger partial charge in [0.2, 0.25) is 0 Å². The standard InChI is InChI=1S/C12H14N2O2/c13-9(6-15)8-2-1-3-10-11(8)16-12(14-10)7-4-5-7/h1-3,7,9,15H,4-6,13H2.